The highest BCUT2D eigenvalue weighted by molar-refractivity contribution is 7.89. The van der Waals surface area contributed by atoms with Crippen LogP contribution in [0.3, 0.4) is 0 Å². The van der Waals surface area contributed by atoms with Crippen LogP contribution in [0.25, 0.3) is 0 Å². The van der Waals surface area contributed by atoms with Crippen molar-refractivity contribution in [2.24, 2.45) is 5.73 Å². The van der Waals surface area contributed by atoms with Crippen molar-refractivity contribution in [2.45, 2.75) is 17.7 Å². The summed E-state index contributed by atoms with van der Waals surface area (Å²) in [4.78, 5) is 0.128. The second-order valence-corrected chi connectivity index (χ2v) is 5.17. The third kappa shape index (κ3) is 3.48. The van der Waals surface area contributed by atoms with Gasteiger partial charge in [-0.25, -0.2) is 13.1 Å². The van der Waals surface area contributed by atoms with E-state index in [0.29, 0.717) is 13.1 Å². The summed E-state index contributed by atoms with van der Waals surface area (Å²) in [5.41, 5.74) is 11.2. The lowest BCUT2D eigenvalue weighted by atomic mass is 10.3. The van der Waals surface area contributed by atoms with Crippen LogP contribution in [-0.2, 0) is 10.0 Å². The first-order chi connectivity index (χ1) is 7.58. The van der Waals surface area contributed by atoms with Crippen LogP contribution < -0.4 is 16.2 Å². The Bertz CT molecular complexity index is 431. The van der Waals surface area contributed by atoms with Gasteiger partial charge >= 0.3 is 0 Å². The minimum Gasteiger partial charge on any atom is -0.398 e. The third-order valence-electron chi connectivity index (χ3n) is 2.13. The van der Waals surface area contributed by atoms with Crippen LogP contribution in [-0.4, -0.2) is 21.5 Å². The number of para-hydroxylation sites is 1. The molecule has 0 radical (unpaired) electrons. The van der Waals surface area contributed by atoms with Crippen LogP contribution in [0.1, 0.15) is 12.8 Å². The van der Waals surface area contributed by atoms with Crippen molar-refractivity contribution in [3.63, 3.8) is 0 Å². The molecule has 0 spiro atoms. The molecular weight excluding hydrogens is 226 g/mol. The van der Waals surface area contributed by atoms with E-state index < -0.39 is 10.0 Å². The molecule has 0 atom stereocenters. The molecule has 0 bridgehead atoms. The number of hydrogen-bond acceptors (Lipinski definition) is 4. The number of unbranched alkanes of at least 4 members (excludes halogenated alkanes) is 1. The highest BCUT2D eigenvalue weighted by Gasteiger charge is 2.15. The Kier molecular flexibility index (Phi) is 4.72. The highest BCUT2D eigenvalue weighted by atomic mass is 32.2. The lowest BCUT2D eigenvalue weighted by molar-refractivity contribution is 0.577. The Morgan fingerprint density at radius 2 is 1.88 bits per heavy atom. The van der Waals surface area contributed by atoms with Crippen molar-refractivity contribution in [3.8, 4) is 0 Å². The fourth-order valence-corrected chi connectivity index (χ4v) is 2.48. The fraction of sp³-hybridized carbons (Fsp3) is 0.400. The molecular formula is C10H17N3O2S. The Balaban J connectivity index is 2.68. The summed E-state index contributed by atoms with van der Waals surface area (Å²) in [6.07, 6.45) is 1.52. The summed E-state index contributed by atoms with van der Waals surface area (Å²) < 4.78 is 26.1. The maximum atomic E-state index is 11.8. The zero-order chi connectivity index (χ0) is 12.0. The van der Waals surface area contributed by atoms with Crippen LogP contribution in [0.2, 0.25) is 0 Å². The summed E-state index contributed by atoms with van der Waals surface area (Å²) >= 11 is 0. The number of hydrogen-bond donors (Lipinski definition) is 3. The number of sulfonamides is 1. The molecule has 1 rings (SSSR count). The van der Waals surface area contributed by atoms with Gasteiger partial charge < -0.3 is 11.5 Å². The first kappa shape index (κ1) is 13.0. The molecule has 0 heterocycles. The summed E-state index contributed by atoms with van der Waals surface area (Å²) in [6, 6.07) is 6.39. The summed E-state index contributed by atoms with van der Waals surface area (Å²) in [5.74, 6) is 0. The molecule has 0 aliphatic rings. The molecule has 0 aromatic heterocycles. The van der Waals surface area contributed by atoms with E-state index in [1.54, 1.807) is 18.2 Å². The van der Waals surface area contributed by atoms with E-state index in [0.717, 1.165) is 12.8 Å². The number of nitrogen functional groups attached to an aromatic ring is 1. The van der Waals surface area contributed by atoms with Gasteiger partial charge in [0.1, 0.15) is 4.90 Å². The van der Waals surface area contributed by atoms with Crippen molar-refractivity contribution < 1.29 is 8.42 Å². The minimum atomic E-state index is -3.49. The van der Waals surface area contributed by atoms with E-state index >= 15 is 0 Å². The second kappa shape index (κ2) is 5.83. The van der Waals surface area contributed by atoms with Gasteiger partial charge in [-0.2, -0.15) is 0 Å². The van der Waals surface area contributed by atoms with Gasteiger partial charge in [-0.15, -0.1) is 0 Å². The summed E-state index contributed by atoms with van der Waals surface area (Å²) in [5, 5.41) is 0. The maximum absolute atomic E-state index is 11.8. The molecule has 90 valence electrons. The van der Waals surface area contributed by atoms with E-state index in [-0.39, 0.29) is 10.6 Å². The van der Waals surface area contributed by atoms with Gasteiger partial charge in [0, 0.05) is 6.54 Å². The first-order valence-electron chi connectivity index (χ1n) is 5.12. The number of nitrogens with two attached hydrogens (primary N) is 2. The molecule has 0 unspecified atom stereocenters. The monoisotopic (exact) mass is 243 g/mol. The molecule has 16 heavy (non-hydrogen) atoms. The van der Waals surface area contributed by atoms with Crippen molar-refractivity contribution in [2.75, 3.05) is 18.8 Å². The fourth-order valence-electron chi connectivity index (χ4n) is 1.28. The van der Waals surface area contributed by atoms with Gasteiger partial charge in [-0.1, -0.05) is 12.1 Å². The van der Waals surface area contributed by atoms with Crippen molar-refractivity contribution in [1.29, 1.82) is 0 Å². The van der Waals surface area contributed by atoms with Gasteiger partial charge in [-0.05, 0) is 31.5 Å². The van der Waals surface area contributed by atoms with Crippen molar-refractivity contribution >= 4 is 15.7 Å². The summed E-state index contributed by atoms with van der Waals surface area (Å²) in [6.45, 7) is 0.947. The van der Waals surface area contributed by atoms with E-state index in [9.17, 15) is 8.42 Å². The minimum absolute atomic E-state index is 0.128. The number of anilines is 1. The number of nitrogens with one attached hydrogen (secondary N) is 1. The summed E-state index contributed by atoms with van der Waals surface area (Å²) in [7, 11) is -3.49. The second-order valence-electron chi connectivity index (χ2n) is 3.43. The molecule has 0 saturated heterocycles. The smallest absolute Gasteiger partial charge is 0.242 e. The normalized spacial score (nSPS) is 11.6. The topological polar surface area (TPSA) is 98.2 Å². The SMILES string of the molecule is NCCCCNS(=O)(=O)c1ccccc1N. The van der Waals surface area contributed by atoms with Gasteiger partial charge in [0.2, 0.25) is 10.0 Å². The van der Waals surface area contributed by atoms with E-state index in [2.05, 4.69) is 4.72 Å². The van der Waals surface area contributed by atoms with E-state index in [1.165, 1.54) is 6.07 Å². The first-order valence-corrected chi connectivity index (χ1v) is 6.60. The number of rotatable bonds is 6. The molecule has 1 aromatic rings. The average Bonchev–Trinajstić information content (AvgIpc) is 2.25. The molecule has 5 nitrogen and oxygen atoms in total. The average molecular weight is 243 g/mol. The van der Waals surface area contributed by atoms with Crippen molar-refractivity contribution in [3.05, 3.63) is 24.3 Å². The Morgan fingerprint density at radius 3 is 2.50 bits per heavy atom. The molecule has 0 saturated carbocycles. The van der Waals surface area contributed by atoms with Crippen LogP contribution in [0.4, 0.5) is 5.69 Å². The van der Waals surface area contributed by atoms with Gasteiger partial charge in [0.25, 0.3) is 0 Å². The molecule has 0 fully saturated rings. The lowest BCUT2D eigenvalue weighted by Gasteiger charge is -2.08. The predicted octanol–water partition coefficient (Wildman–Crippen LogP) is 0.286. The van der Waals surface area contributed by atoms with E-state index in [4.69, 9.17) is 11.5 Å². The third-order valence-corrected chi connectivity index (χ3v) is 3.67. The largest absolute Gasteiger partial charge is 0.398 e. The molecule has 0 aliphatic carbocycles. The van der Waals surface area contributed by atoms with Crippen LogP contribution in [0.5, 0.6) is 0 Å². The Labute approximate surface area is 95.9 Å². The maximum Gasteiger partial charge on any atom is 0.242 e. The predicted molar refractivity (Wildman–Crippen MR) is 64.3 cm³/mol. The zero-order valence-electron chi connectivity index (χ0n) is 9.02. The zero-order valence-corrected chi connectivity index (χ0v) is 9.83. The standard InChI is InChI=1S/C10H17N3O2S/c11-7-3-4-8-13-16(14,15)10-6-2-1-5-9(10)12/h1-2,5-6,13H,3-4,7-8,11-12H2. The molecule has 0 aliphatic heterocycles. The Morgan fingerprint density at radius 1 is 1.19 bits per heavy atom. The molecule has 0 amide bonds. The van der Waals surface area contributed by atoms with Crippen LogP contribution in [0.15, 0.2) is 29.2 Å². The molecule has 5 N–H and O–H groups in total. The van der Waals surface area contributed by atoms with Crippen LogP contribution in [0, 0.1) is 0 Å². The molecule has 1 aromatic carbocycles. The van der Waals surface area contributed by atoms with Gasteiger partial charge in [0.05, 0.1) is 5.69 Å². The molecule has 6 heteroatoms. The van der Waals surface area contributed by atoms with Crippen molar-refractivity contribution in [1.82, 2.24) is 4.72 Å². The van der Waals surface area contributed by atoms with Gasteiger partial charge in [0.15, 0.2) is 0 Å². The van der Waals surface area contributed by atoms with Crippen LogP contribution >= 0.6 is 0 Å². The lowest BCUT2D eigenvalue weighted by Crippen LogP contribution is -2.26. The highest BCUT2D eigenvalue weighted by Crippen LogP contribution is 2.16. The quantitative estimate of drug-likeness (QED) is 0.494. The number of benzene rings is 1. The van der Waals surface area contributed by atoms with E-state index in [1.807, 2.05) is 0 Å². The Hall–Kier alpha value is -1.11. The van der Waals surface area contributed by atoms with Gasteiger partial charge in [-0.3, -0.25) is 0 Å².